The Bertz CT molecular complexity index is 667. The number of hydrogen-bond donors (Lipinski definition) is 1. The zero-order valence-corrected chi connectivity index (χ0v) is 12.5. The average molecular weight is 289 g/mol. The molecule has 0 aliphatic heterocycles. The summed E-state index contributed by atoms with van der Waals surface area (Å²) in [4.78, 5) is 16.4. The van der Waals surface area contributed by atoms with E-state index in [0.717, 1.165) is 0 Å². The molecular formula is C16H20FN3O. The van der Waals surface area contributed by atoms with Crippen LogP contribution in [0.15, 0.2) is 41.5 Å². The molecule has 0 aliphatic carbocycles. The molecule has 0 bridgehead atoms. The summed E-state index contributed by atoms with van der Waals surface area (Å²) in [6.45, 7) is 6.52. The van der Waals surface area contributed by atoms with Crippen molar-refractivity contribution in [1.29, 1.82) is 0 Å². The first-order chi connectivity index (χ1) is 9.99. The number of benzene rings is 1. The first kappa shape index (κ1) is 15.2. The number of rotatable bonds is 5. The van der Waals surface area contributed by atoms with Crippen LogP contribution in [0.25, 0.3) is 0 Å². The number of anilines is 1. The molecular weight excluding hydrogens is 269 g/mol. The Balaban J connectivity index is 2.24. The molecule has 0 amide bonds. The largest absolute Gasteiger partial charge is 0.359 e. The minimum absolute atomic E-state index is 0.186. The Kier molecular flexibility index (Phi) is 4.73. The molecule has 1 aromatic heterocycles. The summed E-state index contributed by atoms with van der Waals surface area (Å²) in [5.74, 6) is 0.312. The van der Waals surface area contributed by atoms with E-state index in [1.807, 2.05) is 13.8 Å². The average Bonchev–Trinajstić information content (AvgIpc) is 2.43. The second-order valence-electron chi connectivity index (χ2n) is 5.51. The zero-order valence-electron chi connectivity index (χ0n) is 12.5. The Morgan fingerprint density at radius 3 is 2.67 bits per heavy atom. The Morgan fingerprint density at radius 2 is 2.00 bits per heavy atom. The molecule has 4 nitrogen and oxygen atoms in total. The van der Waals surface area contributed by atoms with Gasteiger partial charge in [0.15, 0.2) is 5.82 Å². The van der Waals surface area contributed by atoms with E-state index in [0.29, 0.717) is 18.0 Å². The summed E-state index contributed by atoms with van der Waals surface area (Å²) in [7, 11) is 0. The summed E-state index contributed by atoms with van der Waals surface area (Å²) < 4.78 is 15.4. The highest BCUT2D eigenvalue weighted by molar-refractivity contribution is 5.36. The van der Waals surface area contributed by atoms with E-state index >= 15 is 0 Å². The van der Waals surface area contributed by atoms with Gasteiger partial charge in [0.2, 0.25) is 0 Å². The Hall–Kier alpha value is -2.17. The van der Waals surface area contributed by atoms with Crippen LogP contribution in [0.5, 0.6) is 0 Å². The van der Waals surface area contributed by atoms with E-state index in [-0.39, 0.29) is 23.2 Å². The monoisotopic (exact) mass is 289 g/mol. The van der Waals surface area contributed by atoms with Gasteiger partial charge in [0.25, 0.3) is 5.56 Å². The van der Waals surface area contributed by atoms with Crippen molar-refractivity contribution in [3.8, 4) is 0 Å². The molecule has 2 rings (SSSR count). The molecule has 112 valence electrons. The van der Waals surface area contributed by atoms with Gasteiger partial charge < -0.3 is 9.88 Å². The van der Waals surface area contributed by atoms with Gasteiger partial charge in [-0.3, -0.25) is 4.79 Å². The lowest BCUT2D eigenvalue weighted by molar-refractivity contribution is 0.509. The second-order valence-corrected chi connectivity index (χ2v) is 5.51. The van der Waals surface area contributed by atoms with Crippen LogP contribution < -0.4 is 10.9 Å². The van der Waals surface area contributed by atoms with Crippen LogP contribution in [0, 0.1) is 11.7 Å². The molecule has 21 heavy (non-hydrogen) atoms. The highest BCUT2D eigenvalue weighted by Gasteiger charge is 2.13. The van der Waals surface area contributed by atoms with Crippen molar-refractivity contribution < 1.29 is 4.39 Å². The molecule has 0 spiro atoms. The lowest BCUT2D eigenvalue weighted by Gasteiger charge is -2.16. The van der Waals surface area contributed by atoms with E-state index in [1.54, 1.807) is 42.1 Å². The topological polar surface area (TPSA) is 46.9 Å². The van der Waals surface area contributed by atoms with Crippen LogP contribution in [-0.4, -0.2) is 9.55 Å². The minimum atomic E-state index is -0.332. The minimum Gasteiger partial charge on any atom is -0.359 e. The van der Waals surface area contributed by atoms with Gasteiger partial charge in [-0.1, -0.05) is 32.0 Å². The quantitative estimate of drug-likeness (QED) is 0.919. The number of nitrogens with one attached hydrogen (secondary N) is 1. The second kappa shape index (κ2) is 6.52. The maximum Gasteiger partial charge on any atom is 0.293 e. The molecule has 1 aromatic carbocycles. The summed E-state index contributed by atoms with van der Waals surface area (Å²) >= 11 is 0. The van der Waals surface area contributed by atoms with Crippen LogP contribution in [0.1, 0.15) is 32.4 Å². The lowest BCUT2D eigenvalue weighted by atomic mass is 10.1. The zero-order chi connectivity index (χ0) is 15.4. The van der Waals surface area contributed by atoms with Gasteiger partial charge in [0.1, 0.15) is 5.82 Å². The van der Waals surface area contributed by atoms with Crippen molar-refractivity contribution in [2.75, 3.05) is 5.32 Å². The summed E-state index contributed by atoms with van der Waals surface area (Å²) in [6, 6.07) is 6.18. The molecule has 1 unspecified atom stereocenters. The van der Waals surface area contributed by atoms with E-state index < -0.39 is 0 Å². The standard InChI is InChI=1S/C16H20FN3O/c1-11(2)10-20-9-8-18-15(16(20)21)19-12(3)13-6-4-5-7-14(13)17/h4-9,11-12H,10H2,1-3H3,(H,18,19). The van der Waals surface area contributed by atoms with Crippen molar-refractivity contribution in [2.24, 2.45) is 5.92 Å². The molecule has 5 heteroatoms. The number of aromatic nitrogens is 2. The van der Waals surface area contributed by atoms with Crippen LogP contribution in [0.2, 0.25) is 0 Å². The van der Waals surface area contributed by atoms with Gasteiger partial charge in [0.05, 0.1) is 6.04 Å². The van der Waals surface area contributed by atoms with Gasteiger partial charge in [-0.05, 0) is 18.9 Å². The van der Waals surface area contributed by atoms with Crippen LogP contribution in [0.3, 0.4) is 0 Å². The molecule has 1 N–H and O–H groups in total. The Morgan fingerprint density at radius 1 is 1.29 bits per heavy atom. The molecule has 1 heterocycles. The first-order valence-electron chi connectivity index (χ1n) is 7.05. The lowest BCUT2D eigenvalue weighted by Crippen LogP contribution is -2.27. The van der Waals surface area contributed by atoms with E-state index in [9.17, 15) is 9.18 Å². The molecule has 1 atom stereocenters. The number of halogens is 1. The fraction of sp³-hybridized carbons (Fsp3) is 0.375. The van der Waals surface area contributed by atoms with Crippen molar-refractivity contribution in [1.82, 2.24) is 9.55 Å². The third-order valence-electron chi connectivity index (χ3n) is 3.20. The third-order valence-corrected chi connectivity index (χ3v) is 3.20. The van der Waals surface area contributed by atoms with Gasteiger partial charge in [-0.25, -0.2) is 9.37 Å². The van der Waals surface area contributed by atoms with Gasteiger partial charge in [-0.2, -0.15) is 0 Å². The maximum atomic E-state index is 13.8. The number of nitrogens with zero attached hydrogens (tertiary/aromatic N) is 2. The van der Waals surface area contributed by atoms with E-state index in [1.165, 1.54) is 6.07 Å². The maximum absolute atomic E-state index is 13.8. The van der Waals surface area contributed by atoms with Crippen LogP contribution in [-0.2, 0) is 6.54 Å². The normalized spacial score (nSPS) is 12.4. The summed E-state index contributed by atoms with van der Waals surface area (Å²) in [5, 5.41) is 3.00. The van der Waals surface area contributed by atoms with Crippen LogP contribution >= 0.6 is 0 Å². The van der Waals surface area contributed by atoms with Crippen molar-refractivity contribution >= 4 is 5.82 Å². The van der Waals surface area contributed by atoms with Gasteiger partial charge in [0, 0.05) is 24.5 Å². The molecule has 2 aromatic rings. The third kappa shape index (κ3) is 3.68. The number of hydrogen-bond acceptors (Lipinski definition) is 3. The molecule has 0 saturated heterocycles. The molecule has 0 radical (unpaired) electrons. The fourth-order valence-electron chi connectivity index (χ4n) is 2.19. The van der Waals surface area contributed by atoms with Crippen molar-refractivity contribution in [3.05, 3.63) is 58.4 Å². The highest BCUT2D eigenvalue weighted by Crippen LogP contribution is 2.18. The predicted molar refractivity (Wildman–Crippen MR) is 81.8 cm³/mol. The Labute approximate surface area is 123 Å². The predicted octanol–water partition coefficient (Wildman–Crippen LogP) is 3.21. The smallest absolute Gasteiger partial charge is 0.293 e. The first-order valence-corrected chi connectivity index (χ1v) is 7.05. The fourth-order valence-corrected chi connectivity index (χ4v) is 2.19. The van der Waals surface area contributed by atoms with E-state index in [4.69, 9.17) is 0 Å². The van der Waals surface area contributed by atoms with Gasteiger partial charge in [-0.15, -0.1) is 0 Å². The SMILES string of the molecule is CC(C)Cn1ccnc(NC(C)c2ccccc2F)c1=O. The van der Waals surface area contributed by atoms with Crippen LogP contribution in [0.4, 0.5) is 10.2 Å². The molecule has 0 fully saturated rings. The highest BCUT2D eigenvalue weighted by atomic mass is 19.1. The molecule has 0 saturated carbocycles. The van der Waals surface area contributed by atoms with Crippen molar-refractivity contribution in [3.63, 3.8) is 0 Å². The summed E-state index contributed by atoms with van der Waals surface area (Å²) in [5.41, 5.74) is 0.326. The van der Waals surface area contributed by atoms with Crippen molar-refractivity contribution in [2.45, 2.75) is 33.4 Å². The molecule has 0 aliphatic rings. The van der Waals surface area contributed by atoms with E-state index in [2.05, 4.69) is 10.3 Å². The summed E-state index contributed by atoms with van der Waals surface area (Å²) in [6.07, 6.45) is 3.25. The van der Waals surface area contributed by atoms with Gasteiger partial charge >= 0.3 is 0 Å².